The van der Waals surface area contributed by atoms with E-state index in [1.54, 1.807) is 36.7 Å². The molecule has 0 saturated carbocycles. The molecule has 1 N–H and O–H groups in total. The van der Waals surface area contributed by atoms with Crippen molar-refractivity contribution in [2.45, 2.75) is 0 Å². The van der Waals surface area contributed by atoms with Gasteiger partial charge >= 0.3 is 5.97 Å². The smallest absolute Gasteiger partial charge is 0.335 e. The van der Waals surface area contributed by atoms with Crippen molar-refractivity contribution in [3.8, 4) is 5.69 Å². The molecule has 2 aromatic heterocycles. The molecule has 1 aromatic carbocycles. The first-order valence-electron chi connectivity index (χ1n) is 5.50. The maximum Gasteiger partial charge on any atom is 0.335 e. The lowest BCUT2D eigenvalue weighted by atomic mass is 10.2. The number of carboxylic acids is 1. The highest BCUT2D eigenvalue weighted by Gasteiger charge is 2.05. The van der Waals surface area contributed by atoms with Gasteiger partial charge in [0.1, 0.15) is 0 Å². The largest absolute Gasteiger partial charge is 0.478 e. The Balaban J connectivity index is 2.12. The molecular weight excluding hydrogens is 228 g/mol. The molecule has 0 saturated heterocycles. The molecular formula is C14H10N2O2. The number of aromatic nitrogens is 2. The highest BCUT2D eigenvalue weighted by atomic mass is 16.4. The van der Waals surface area contributed by atoms with Gasteiger partial charge in [-0.1, -0.05) is 0 Å². The zero-order valence-corrected chi connectivity index (χ0v) is 9.45. The fourth-order valence-corrected chi connectivity index (χ4v) is 1.97. The molecule has 2 heterocycles. The zero-order chi connectivity index (χ0) is 12.5. The number of carboxylic acid groups (broad SMARTS) is 1. The maximum absolute atomic E-state index is 10.8. The van der Waals surface area contributed by atoms with E-state index in [-0.39, 0.29) is 5.56 Å². The second-order valence-electron chi connectivity index (χ2n) is 3.97. The molecule has 0 aliphatic rings. The van der Waals surface area contributed by atoms with Crippen LogP contribution in [-0.2, 0) is 0 Å². The molecule has 0 amide bonds. The van der Waals surface area contributed by atoms with Gasteiger partial charge < -0.3 is 9.67 Å². The van der Waals surface area contributed by atoms with Crippen molar-refractivity contribution in [2.24, 2.45) is 0 Å². The second-order valence-corrected chi connectivity index (χ2v) is 3.97. The predicted octanol–water partition coefficient (Wildman–Crippen LogP) is 2.72. The lowest BCUT2D eigenvalue weighted by Crippen LogP contribution is -1.97. The van der Waals surface area contributed by atoms with Gasteiger partial charge in [0, 0.05) is 29.7 Å². The highest BCUT2D eigenvalue weighted by molar-refractivity contribution is 5.88. The van der Waals surface area contributed by atoms with Crippen molar-refractivity contribution in [3.63, 3.8) is 0 Å². The lowest BCUT2D eigenvalue weighted by molar-refractivity contribution is 0.0697. The van der Waals surface area contributed by atoms with Gasteiger partial charge in [-0.05, 0) is 36.4 Å². The molecule has 88 valence electrons. The minimum Gasteiger partial charge on any atom is -0.478 e. The number of carbonyl (C=O) groups is 1. The first kappa shape index (κ1) is 10.5. The predicted molar refractivity (Wildman–Crippen MR) is 68.0 cm³/mol. The Morgan fingerprint density at radius 3 is 2.61 bits per heavy atom. The van der Waals surface area contributed by atoms with Gasteiger partial charge in [0.05, 0.1) is 11.1 Å². The zero-order valence-electron chi connectivity index (χ0n) is 9.45. The standard InChI is InChI=1S/C14H10N2O2/c17-14(18)10-1-3-12(4-2-10)16-8-6-11-9-15-7-5-13(11)16/h1-9H,(H,17,18). The van der Waals surface area contributed by atoms with Crippen molar-refractivity contribution in [3.05, 3.63) is 60.6 Å². The van der Waals surface area contributed by atoms with E-state index >= 15 is 0 Å². The topological polar surface area (TPSA) is 55.1 Å². The van der Waals surface area contributed by atoms with Gasteiger partial charge in [0.15, 0.2) is 0 Å². The molecule has 18 heavy (non-hydrogen) atoms. The van der Waals surface area contributed by atoms with E-state index in [1.165, 1.54) is 0 Å². The summed E-state index contributed by atoms with van der Waals surface area (Å²) in [4.78, 5) is 14.9. The van der Waals surface area contributed by atoms with Gasteiger partial charge in [-0.3, -0.25) is 4.98 Å². The quantitative estimate of drug-likeness (QED) is 0.746. The van der Waals surface area contributed by atoms with Crippen LogP contribution < -0.4 is 0 Å². The highest BCUT2D eigenvalue weighted by Crippen LogP contribution is 2.19. The Morgan fingerprint density at radius 2 is 1.89 bits per heavy atom. The van der Waals surface area contributed by atoms with Crippen LogP contribution in [0.25, 0.3) is 16.6 Å². The molecule has 3 aromatic rings. The molecule has 0 aliphatic heterocycles. The summed E-state index contributed by atoms with van der Waals surface area (Å²) < 4.78 is 2.00. The van der Waals surface area contributed by atoms with Gasteiger partial charge in [0.25, 0.3) is 0 Å². The maximum atomic E-state index is 10.8. The molecule has 0 bridgehead atoms. The SMILES string of the molecule is O=C(O)c1ccc(-n2ccc3cnccc32)cc1. The summed E-state index contributed by atoms with van der Waals surface area (Å²) in [6, 6.07) is 10.7. The van der Waals surface area contributed by atoms with Crippen LogP contribution in [0.2, 0.25) is 0 Å². The molecule has 4 heteroatoms. The third kappa shape index (κ3) is 1.64. The molecule has 0 radical (unpaired) electrons. The monoisotopic (exact) mass is 238 g/mol. The van der Waals surface area contributed by atoms with Crippen LogP contribution in [0.3, 0.4) is 0 Å². The van der Waals surface area contributed by atoms with Crippen LogP contribution in [0.5, 0.6) is 0 Å². The van der Waals surface area contributed by atoms with E-state index in [0.717, 1.165) is 16.6 Å². The van der Waals surface area contributed by atoms with E-state index in [9.17, 15) is 4.79 Å². The first-order chi connectivity index (χ1) is 8.75. The first-order valence-corrected chi connectivity index (χ1v) is 5.50. The fourth-order valence-electron chi connectivity index (χ4n) is 1.97. The van der Waals surface area contributed by atoms with E-state index in [2.05, 4.69) is 4.98 Å². The molecule has 0 unspecified atom stereocenters. The van der Waals surface area contributed by atoms with E-state index in [4.69, 9.17) is 5.11 Å². The summed E-state index contributed by atoms with van der Waals surface area (Å²) in [6.45, 7) is 0. The van der Waals surface area contributed by atoms with Crippen molar-refractivity contribution in [1.29, 1.82) is 0 Å². The minimum atomic E-state index is -0.914. The van der Waals surface area contributed by atoms with Crippen molar-refractivity contribution in [1.82, 2.24) is 9.55 Å². The second kappa shape index (κ2) is 4.00. The number of hydrogen-bond donors (Lipinski definition) is 1. The number of hydrogen-bond acceptors (Lipinski definition) is 2. The summed E-state index contributed by atoms with van der Waals surface area (Å²) in [5, 5.41) is 9.92. The molecule has 3 rings (SSSR count). The lowest BCUT2D eigenvalue weighted by Gasteiger charge is -2.05. The number of benzene rings is 1. The Morgan fingerprint density at radius 1 is 1.11 bits per heavy atom. The number of nitrogens with zero attached hydrogens (tertiary/aromatic N) is 2. The Kier molecular flexibility index (Phi) is 2.34. The van der Waals surface area contributed by atoms with Gasteiger partial charge in [0.2, 0.25) is 0 Å². The van der Waals surface area contributed by atoms with Crippen LogP contribution >= 0.6 is 0 Å². The summed E-state index contributed by atoms with van der Waals surface area (Å²) in [5.74, 6) is -0.914. The summed E-state index contributed by atoms with van der Waals surface area (Å²) in [7, 11) is 0. The number of fused-ring (bicyclic) bond motifs is 1. The number of pyridine rings is 1. The van der Waals surface area contributed by atoms with Gasteiger partial charge in [-0.15, -0.1) is 0 Å². The fraction of sp³-hybridized carbons (Fsp3) is 0. The van der Waals surface area contributed by atoms with Crippen molar-refractivity contribution >= 4 is 16.9 Å². The Labute approximate surface area is 103 Å². The van der Waals surface area contributed by atoms with Gasteiger partial charge in [-0.25, -0.2) is 4.79 Å². The van der Waals surface area contributed by atoms with Crippen LogP contribution in [-0.4, -0.2) is 20.6 Å². The van der Waals surface area contributed by atoms with Crippen molar-refractivity contribution in [2.75, 3.05) is 0 Å². The molecule has 0 atom stereocenters. The third-order valence-corrected chi connectivity index (χ3v) is 2.88. The van der Waals surface area contributed by atoms with Crippen LogP contribution in [0.4, 0.5) is 0 Å². The summed E-state index contributed by atoms with van der Waals surface area (Å²) >= 11 is 0. The van der Waals surface area contributed by atoms with E-state index in [1.807, 2.05) is 22.9 Å². The average Bonchev–Trinajstić information content (AvgIpc) is 2.82. The molecule has 0 spiro atoms. The third-order valence-electron chi connectivity index (χ3n) is 2.88. The normalized spacial score (nSPS) is 10.7. The van der Waals surface area contributed by atoms with E-state index < -0.39 is 5.97 Å². The Hall–Kier alpha value is -2.62. The van der Waals surface area contributed by atoms with Crippen LogP contribution in [0, 0.1) is 0 Å². The van der Waals surface area contributed by atoms with Crippen LogP contribution in [0.15, 0.2) is 55.0 Å². The van der Waals surface area contributed by atoms with Gasteiger partial charge in [-0.2, -0.15) is 0 Å². The molecule has 4 nitrogen and oxygen atoms in total. The summed E-state index contributed by atoms with van der Waals surface area (Å²) in [6.07, 6.45) is 5.49. The minimum absolute atomic E-state index is 0.289. The summed E-state index contributed by atoms with van der Waals surface area (Å²) in [5.41, 5.74) is 2.27. The molecule has 0 fully saturated rings. The van der Waals surface area contributed by atoms with E-state index in [0.29, 0.717) is 0 Å². The van der Waals surface area contributed by atoms with Crippen LogP contribution in [0.1, 0.15) is 10.4 Å². The Bertz CT molecular complexity index is 714. The number of rotatable bonds is 2. The average molecular weight is 238 g/mol. The number of aromatic carboxylic acids is 1. The molecule has 0 aliphatic carbocycles. The van der Waals surface area contributed by atoms with Crippen molar-refractivity contribution < 1.29 is 9.90 Å².